The molecule has 1 unspecified atom stereocenters. The van der Waals surface area contributed by atoms with E-state index in [9.17, 15) is 5.11 Å². The molecule has 2 aromatic rings. The van der Waals surface area contributed by atoms with Crippen molar-refractivity contribution in [3.63, 3.8) is 0 Å². The van der Waals surface area contributed by atoms with Gasteiger partial charge >= 0.3 is 0 Å². The highest BCUT2D eigenvalue weighted by Crippen LogP contribution is 2.40. The molecule has 0 aliphatic heterocycles. The first-order chi connectivity index (χ1) is 9.21. The van der Waals surface area contributed by atoms with Gasteiger partial charge in [0.25, 0.3) is 0 Å². The Morgan fingerprint density at radius 3 is 2.16 bits per heavy atom. The standard InChI is InChI=1S/C14H16O4S/c1-16-10-8-12(18-3)11(17-2)7-9(10)14(15)13-5-4-6-19-13/h4-8,14-15H,1-3H3. The maximum Gasteiger partial charge on any atom is 0.164 e. The van der Waals surface area contributed by atoms with E-state index in [1.807, 2.05) is 17.5 Å². The molecule has 2 rings (SSSR count). The summed E-state index contributed by atoms with van der Waals surface area (Å²) in [7, 11) is 4.68. The molecule has 1 aromatic heterocycles. The van der Waals surface area contributed by atoms with Crippen LogP contribution in [-0.2, 0) is 0 Å². The third-order valence-corrected chi connectivity index (χ3v) is 3.77. The molecule has 5 heteroatoms. The van der Waals surface area contributed by atoms with Crippen molar-refractivity contribution in [3.05, 3.63) is 40.1 Å². The van der Waals surface area contributed by atoms with E-state index in [0.717, 1.165) is 4.88 Å². The number of methoxy groups -OCH3 is 3. The van der Waals surface area contributed by atoms with Crippen LogP contribution in [0.25, 0.3) is 0 Å². The fraction of sp³-hybridized carbons (Fsp3) is 0.286. The largest absolute Gasteiger partial charge is 0.496 e. The quantitative estimate of drug-likeness (QED) is 0.915. The van der Waals surface area contributed by atoms with Gasteiger partial charge in [-0.05, 0) is 17.5 Å². The lowest BCUT2D eigenvalue weighted by atomic mass is 10.1. The number of thiophene rings is 1. The predicted molar refractivity (Wildman–Crippen MR) is 74.5 cm³/mol. The first-order valence-electron chi connectivity index (χ1n) is 5.72. The van der Waals surface area contributed by atoms with E-state index in [1.54, 1.807) is 33.5 Å². The first kappa shape index (κ1) is 13.7. The lowest BCUT2D eigenvalue weighted by Gasteiger charge is -2.17. The molecule has 0 amide bonds. The van der Waals surface area contributed by atoms with E-state index in [-0.39, 0.29) is 0 Å². The van der Waals surface area contributed by atoms with Crippen LogP contribution in [0, 0.1) is 0 Å². The van der Waals surface area contributed by atoms with Crippen molar-refractivity contribution in [1.29, 1.82) is 0 Å². The van der Waals surface area contributed by atoms with Gasteiger partial charge in [-0.3, -0.25) is 0 Å². The second-order valence-corrected chi connectivity index (χ2v) is 4.85. The number of benzene rings is 1. The summed E-state index contributed by atoms with van der Waals surface area (Å²) in [5.74, 6) is 1.70. The Balaban J connectivity index is 2.49. The van der Waals surface area contributed by atoms with Crippen LogP contribution in [0.3, 0.4) is 0 Å². The van der Waals surface area contributed by atoms with Gasteiger partial charge in [0.2, 0.25) is 0 Å². The van der Waals surface area contributed by atoms with Gasteiger partial charge in [-0.2, -0.15) is 0 Å². The highest BCUT2D eigenvalue weighted by molar-refractivity contribution is 7.10. The monoisotopic (exact) mass is 280 g/mol. The Labute approximate surface area is 116 Å². The second kappa shape index (κ2) is 5.95. The summed E-state index contributed by atoms with van der Waals surface area (Å²) in [5.41, 5.74) is 0.655. The van der Waals surface area contributed by atoms with Crippen LogP contribution in [0.1, 0.15) is 16.5 Å². The summed E-state index contributed by atoms with van der Waals surface area (Å²) in [6, 6.07) is 7.23. The van der Waals surface area contributed by atoms with Gasteiger partial charge in [0.15, 0.2) is 11.5 Å². The van der Waals surface area contributed by atoms with Gasteiger partial charge in [0, 0.05) is 16.5 Å². The molecule has 19 heavy (non-hydrogen) atoms. The molecule has 1 heterocycles. The molecule has 0 saturated heterocycles. The summed E-state index contributed by atoms with van der Waals surface area (Å²) in [6.45, 7) is 0. The topological polar surface area (TPSA) is 47.9 Å². The summed E-state index contributed by atoms with van der Waals surface area (Å²) in [5, 5.41) is 12.3. The minimum absolute atomic E-state index is 0.564. The van der Waals surface area contributed by atoms with Crippen molar-refractivity contribution in [2.75, 3.05) is 21.3 Å². The molecular weight excluding hydrogens is 264 g/mol. The van der Waals surface area contributed by atoms with Crippen molar-refractivity contribution in [1.82, 2.24) is 0 Å². The van der Waals surface area contributed by atoms with Crippen LogP contribution in [0.4, 0.5) is 0 Å². The summed E-state index contributed by atoms with van der Waals surface area (Å²) >= 11 is 1.49. The Morgan fingerprint density at radius 2 is 1.63 bits per heavy atom. The average Bonchev–Trinajstić information content (AvgIpc) is 2.99. The number of rotatable bonds is 5. The highest BCUT2D eigenvalue weighted by Gasteiger charge is 2.20. The van der Waals surface area contributed by atoms with Crippen LogP contribution in [0.2, 0.25) is 0 Å². The molecule has 0 aliphatic carbocycles. The highest BCUT2D eigenvalue weighted by atomic mass is 32.1. The zero-order valence-corrected chi connectivity index (χ0v) is 11.9. The molecule has 4 nitrogen and oxygen atoms in total. The van der Waals surface area contributed by atoms with Crippen molar-refractivity contribution in [2.24, 2.45) is 0 Å². The fourth-order valence-corrected chi connectivity index (χ4v) is 2.59. The van der Waals surface area contributed by atoms with Crippen molar-refractivity contribution in [2.45, 2.75) is 6.10 Å². The van der Waals surface area contributed by atoms with Gasteiger partial charge in [-0.25, -0.2) is 0 Å². The Kier molecular flexibility index (Phi) is 4.29. The Hall–Kier alpha value is -1.72. The first-order valence-corrected chi connectivity index (χ1v) is 6.60. The average molecular weight is 280 g/mol. The molecule has 1 N–H and O–H groups in total. The number of ether oxygens (including phenoxy) is 3. The molecule has 0 saturated carbocycles. The van der Waals surface area contributed by atoms with Gasteiger partial charge in [-0.1, -0.05) is 6.07 Å². The number of hydrogen-bond donors (Lipinski definition) is 1. The van der Waals surface area contributed by atoms with Gasteiger partial charge in [-0.15, -0.1) is 11.3 Å². The number of aliphatic hydroxyl groups is 1. The molecular formula is C14H16O4S. The summed E-state index contributed by atoms with van der Waals surface area (Å²) in [6.07, 6.45) is -0.741. The normalized spacial score (nSPS) is 12.0. The van der Waals surface area contributed by atoms with Crippen LogP contribution in [0.15, 0.2) is 29.6 Å². The Bertz CT molecular complexity index is 537. The lowest BCUT2D eigenvalue weighted by Crippen LogP contribution is -2.02. The SMILES string of the molecule is COc1cc(OC)c(C(O)c2cccs2)cc1OC. The van der Waals surface area contributed by atoms with E-state index in [2.05, 4.69) is 0 Å². The second-order valence-electron chi connectivity index (χ2n) is 3.87. The Morgan fingerprint density at radius 1 is 1.00 bits per heavy atom. The van der Waals surface area contributed by atoms with E-state index >= 15 is 0 Å². The maximum absolute atomic E-state index is 10.4. The van der Waals surface area contributed by atoms with Crippen LogP contribution < -0.4 is 14.2 Å². The fourth-order valence-electron chi connectivity index (χ4n) is 1.87. The minimum atomic E-state index is -0.741. The van der Waals surface area contributed by atoms with Crippen molar-refractivity contribution in [3.8, 4) is 17.2 Å². The maximum atomic E-state index is 10.4. The van der Waals surface area contributed by atoms with Crippen LogP contribution in [0.5, 0.6) is 17.2 Å². The molecule has 1 aromatic carbocycles. The smallest absolute Gasteiger partial charge is 0.164 e. The van der Waals surface area contributed by atoms with Crippen LogP contribution in [-0.4, -0.2) is 26.4 Å². The van der Waals surface area contributed by atoms with Crippen LogP contribution >= 0.6 is 11.3 Å². The van der Waals surface area contributed by atoms with Gasteiger partial charge < -0.3 is 19.3 Å². The number of aliphatic hydroxyl groups excluding tert-OH is 1. The van der Waals surface area contributed by atoms with Gasteiger partial charge in [0.1, 0.15) is 11.9 Å². The zero-order valence-electron chi connectivity index (χ0n) is 11.0. The molecule has 0 spiro atoms. The molecule has 0 bridgehead atoms. The van der Waals surface area contributed by atoms with E-state index in [0.29, 0.717) is 22.8 Å². The summed E-state index contributed by atoms with van der Waals surface area (Å²) in [4.78, 5) is 0.852. The van der Waals surface area contributed by atoms with Crippen molar-refractivity contribution < 1.29 is 19.3 Å². The molecule has 0 radical (unpaired) electrons. The number of hydrogen-bond acceptors (Lipinski definition) is 5. The third-order valence-electron chi connectivity index (χ3n) is 2.84. The molecule has 0 aliphatic rings. The molecule has 102 valence electrons. The minimum Gasteiger partial charge on any atom is -0.496 e. The third kappa shape index (κ3) is 2.67. The predicted octanol–water partition coefficient (Wildman–Crippen LogP) is 2.86. The van der Waals surface area contributed by atoms with Gasteiger partial charge in [0.05, 0.1) is 21.3 Å². The molecule has 1 atom stereocenters. The lowest BCUT2D eigenvalue weighted by molar-refractivity contribution is 0.217. The van der Waals surface area contributed by atoms with E-state index in [1.165, 1.54) is 11.3 Å². The zero-order chi connectivity index (χ0) is 13.8. The molecule has 0 fully saturated rings. The van der Waals surface area contributed by atoms with Crippen molar-refractivity contribution >= 4 is 11.3 Å². The van der Waals surface area contributed by atoms with E-state index < -0.39 is 6.10 Å². The summed E-state index contributed by atoms with van der Waals surface area (Å²) < 4.78 is 15.8. The van der Waals surface area contributed by atoms with E-state index in [4.69, 9.17) is 14.2 Å².